The Labute approximate surface area is 163 Å². The van der Waals surface area contributed by atoms with Crippen molar-refractivity contribution in [3.63, 3.8) is 0 Å². The minimum absolute atomic E-state index is 0.0505. The third-order valence-electron chi connectivity index (χ3n) is 5.58. The van der Waals surface area contributed by atoms with Crippen molar-refractivity contribution in [2.24, 2.45) is 11.3 Å². The predicted molar refractivity (Wildman–Crippen MR) is 101 cm³/mol. The van der Waals surface area contributed by atoms with Crippen LogP contribution in [0, 0.1) is 11.3 Å². The van der Waals surface area contributed by atoms with Crippen LogP contribution in [0.15, 0.2) is 24.3 Å². The first-order valence-electron chi connectivity index (χ1n) is 8.95. The number of carboxylic acid groups (broad SMARTS) is 1. The van der Waals surface area contributed by atoms with Crippen molar-refractivity contribution in [1.29, 1.82) is 0 Å². The molecule has 7 nitrogen and oxygen atoms in total. The molecule has 2 heterocycles. The minimum atomic E-state index is -1.07. The summed E-state index contributed by atoms with van der Waals surface area (Å²) in [6.45, 7) is 1.04. The zero-order valence-electron chi connectivity index (χ0n) is 15.5. The molecular weight excluding hydrogens is 370 g/mol. The fraction of sp³-hybridized carbons (Fsp3) is 0.526. The quantitative estimate of drug-likeness (QED) is 0.845. The first kappa shape index (κ1) is 19.5. The van der Waals surface area contributed by atoms with Gasteiger partial charge in [0.05, 0.1) is 0 Å². The number of aliphatic carboxylic acids is 1. The topological polar surface area (TPSA) is 81.2 Å². The van der Waals surface area contributed by atoms with Crippen LogP contribution in [0.4, 0.5) is 4.79 Å². The number of likely N-dealkylation sites (tertiary alicyclic amines) is 2. The summed E-state index contributed by atoms with van der Waals surface area (Å²) in [5.74, 6) is -1.22. The number of amides is 3. The molecule has 8 heteroatoms. The first-order valence-corrected chi connectivity index (χ1v) is 9.32. The molecule has 146 valence electrons. The van der Waals surface area contributed by atoms with E-state index in [0.717, 1.165) is 5.56 Å². The SMILES string of the molecule is CN(C)C(=O)N1C[C@@H]2CN(C(=O)CCc3ccc(Cl)cc3)C[C@]2(C(=O)O)C1. The molecule has 27 heavy (non-hydrogen) atoms. The van der Waals surface area contributed by atoms with Gasteiger partial charge in [-0.3, -0.25) is 9.59 Å². The minimum Gasteiger partial charge on any atom is -0.481 e. The molecule has 0 aliphatic carbocycles. The molecule has 2 atom stereocenters. The number of carbonyl (C=O) groups excluding carboxylic acids is 2. The van der Waals surface area contributed by atoms with E-state index in [-0.39, 0.29) is 30.9 Å². The summed E-state index contributed by atoms with van der Waals surface area (Å²) in [5, 5.41) is 10.5. The van der Waals surface area contributed by atoms with E-state index in [9.17, 15) is 19.5 Å². The highest BCUT2D eigenvalue weighted by molar-refractivity contribution is 6.30. The Kier molecular flexibility index (Phi) is 5.33. The number of carboxylic acids is 1. The van der Waals surface area contributed by atoms with Gasteiger partial charge in [0.15, 0.2) is 0 Å². The van der Waals surface area contributed by atoms with E-state index in [1.807, 2.05) is 12.1 Å². The van der Waals surface area contributed by atoms with Crippen molar-refractivity contribution in [2.45, 2.75) is 12.8 Å². The van der Waals surface area contributed by atoms with Crippen molar-refractivity contribution < 1.29 is 19.5 Å². The molecule has 1 aromatic carbocycles. The maximum Gasteiger partial charge on any atom is 0.319 e. The summed E-state index contributed by atoms with van der Waals surface area (Å²) in [4.78, 5) is 41.5. The van der Waals surface area contributed by atoms with Crippen LogP contribution in [0.25, 0.3) is 0 Å². The lowest BCUT2D eigenvalue weighted by molar-refractivity contribution is -0.149. The van der Waals surface area contributed by atoms with Crippen molar-refractivity contribution in [2.75, 3.05) is 40.3 Å². The molecule has 0 saturated carbocycles. The lowest BCUT2D eigenvalue weighted by Gasteiger charge is -2.27. The van der Waals surface area contributed by atoms with Gasteiger partial charge in [-0.25, -0.2) is 4.79 Å². The average molecular weight is 394 g/mol. The second kappa shape index (κ2) is 7.38. The van der Waals surface area contributed by atoms with Gasteiger partial charge in [-0.1, -0.05) is 23.7 Å². The van der Waals surface area contributed by atoms with Crippen LogP contribution in [-0.2, 0) is 16.0 Å². The van der Waals surface area contributed by atoms with Gasteiger partial charge >= 0.3 is 12.0 Å². The molecule has 0 aromatic heterocycles. The van der Waals surface area contributed by atoms with Gasteiger partial charge in [0.25, 0.3) is 0 Å². The molecule has 3 amide bonds. The van der Waals surface area contributed by atoms with Crippen LogP contribution in [-0.4, -0.2) is 78.0 Å². The molecule has 1 aromatic rings. The molecule has 1 N–H and O–H groups in total. The lowest BCUT2D eigenvalue weighted by Crippen LogP contribution is -2.45. The number of hydrogen-bond acceptors (Lipinski definition) is 3. The lowest BCUT2D eigenvalue weighted by atomic mass is 9.81. The van der Waals surface area contributed by atoms with E-state index in [1.165, 1.54) is 4.90 Å². The number of benzene rings is 1. The summed E-state index contributed by atoms with van der Waals surface area (Å²) in [6, 6.07) is 7.16. The number of aryl methyl sites for hydroxylation is 1. The molecule has 3 rings (SSSR count). The molecule has 2 aliphatic heterocycles. The Bertz CT molecular complexity index is 752. The van der Waals surface area contributed by atoms with Gasteiger partial charge in [0.2, 0.25) is 5.91 Å². The third kappa shape index (κ3) is 3.74. The molecule has 0 unspecified atom stereocenters. The normalized spacial score (nSPS) is 24.0. The smallest absolute Gasteiger partial charge is 0.319 e. The van der Waals surface area contributed by atoms with E-state index < -0.39 is 11.4 Å². The van der Waals surface area contributed by atoms with E-state index in [2.05, 4.69) is 0 Å². The standard InChI is InChI=1S/C19H24ClN3O4/c1-21(2)18(27)23-10-14-9-22(11-19(14,12-23)17(25)26)16(24)8-5-13-3-6-15(20)7-4-13/h3-4,6-7,14H,5,8-12H2,1-2H3,(H,25,26)/t14-,19-/m0/s1. The Morgan fingerprint density at radius 3 is 2.30 bits per heavy atom. The van der Waals surface area contributed by atoms with Crippen LogP contribution in [0.1, 0.15) is 12.0 Å². The van der Waals surface area contributed by atoms with Crippen LogP contribution >= 0.6 is 11.6 Å². The molecule has 2 fully saturated rings. The van der Waals surface area contributed by atoms with Gasteiger partial charge in [0, 0.05) is 57.6 Å². The predicted octanol–water partition coefficient (Wildman–Crippen LogP) is 1.80. The second-order valence-electron chi connectivity index (χ2n) is 7.62. The number of rotatable bonds is 4. The molecular formula is C19H24ClN3O4. The molecule has 0 radical (unpaired) electrons. The third-order valence-corrected chi connectivity index (χ3v) is 5.83. The highest BCUT2D eigenvalue weighted by Crippen LogP contribution is 2.43. The summed E-state index contributed by atoms with van der Waals surface area (Å²) in [5.41, 5.74) is -0.0513. The molecule has 0 bridgehead atoms. The van der Waals surface area contributed by atoms with E-state index in [4.69, 9.17) is 11.6 Å². The number of hydrogen-bond donors (Lipinski definition) is 1. The Hall–Kier alpha value is -2.28. The number of nitrogens with zero attached hydrogens (tertiary/aromatic N) is 3. The van der Waals surface area contributed by atoms with Crippen LogP contribution in [0.5, 0.6) is 0 Å². The van der Waals surface area contributed by atoms with Gasteiger partial charge < -0.3 is 19.8 Å². The highest BCUT2D eigenvalue weighted by Gasteiger charge is 2.59. The van der Waals surface area contributed by atoms with Gasteiger partial charge in [0.1, 0.15) is 5.41 Å². The maximum absolute atomic E-state index is 12.6. The summed E-state index contributed by atoms with van der Waals surface area (Å²) in [7, 11) is 3.30. The first-order chi connectivity index (χ1) is 12.7. The summed E-state index contributed by atoms with van der Waals surface area (Å²) < 4.78 is 0. The van der Waals surface area contributed by atoms with Crippen LogP contribution < -0.4 is 0 Å². The Morgan fingerprint density at radius 1 is 1.15 bits per heavy atom. The number of urea groups is 1. The van der Waals surface area contributed by atoms with E-state index >= 15 is 0 Å². The van der Waals surface area contributed by atoms with Gasteiger partial charge in [-0.05, 0) is 24.1 Å². The summed E-state index contributed by atoms with van der Waals surface area (Å²) in [6.07, 6.45) is 0.910. The second-order valence-corrected chi connectivity index (χ2v) is 8.05. The molecule has 2 aliphatic rings. The number of carbonyl (C=O) groups is 3. The van der Waals surface area contributed by atoms with E-state index in [0.29, 0.717) is 31.0 Å². The average Bonchev–Trinajstić information content (AvgIpc) is 3.16. The van der Waals surface area contributed by atoms with Crippen LogP contribution in [0.3, 0.4) is 0 Å². The maximum atomic E-state index is 12.6. The monoisotopic (exact) mass is 393 g/mol. The fourth-order valence-corrected chi connectivity index (χ4v) is 4.17. The number of halogens is 1. The van der Waals surface area contributed by atoms with E-state index in [1.54, 1.807) is 36.0 Å². The zero-order valence-corrected chi connectivity index (χ0v) is 16.3. The Morgan fingerprint density at radius 2 is 1.74 bits per heavy atom. The molecule has 2 saturated heterocycles. The van der Waals surface area contributed by atoms with Crippen molar-refractivity contribution >= 4 is 29.5 Å². The summed E-state index contributed by atoms with van der Waals surface area (Å²) >= 11 is 5.87. The fourth-order valence-electron chi connectivity index (χ4n) is 4.05. The van der Waals surface area contributed by atoms with Crippen molar-refractivity contribution in [1.82, 2.24) is 14.7 Å². The zero-order chi connectivity index (χ0) is 19.8. The van der Waals surface area contributed by atoms with Crippen molar-refractivity contribution in [3.05, 3.63) is 34.9 Å². The molecule has 0 spiro atoms. The van der Waals surface area contributed by atoms with Gasteiger partial charge in [-0.2, -0.15) is 0 Å². The number of fused-ring (bicyclic) bond motifs is 1. The largest absolute Gasteiger partial charge is 0.481 e. The van der Waals surface area contributed by atoms with Crippen molar-refractivity contribution in [3.8, 4) is 0 Å². The Balaban J connectivity index is 1.64. The van der Waals surface area contributed by atoms with Crippen LogP contribution in [0.2, 0.25) is 5.02 Å². The van der Waals surface area contributed by atoms with Gasteiger partial charge in [-0.15, -0.1) is 0 Å². The highest BCUT2D eigenvalue weighted by atomic mass is 35.5.